The summed E-state index contributed by atoms with van der Waals surface area (Å²) in [5, 5.41) is 12.0. The van der Waals surface area contributed by atoms with Crippen LogP contribution in [0, 0.1) is 6.54 Å². The summed E-state index contributed by atoms with van der Waals surface area (Å²) in [6.07, 6.45) is 5.49. The number of hydrogen-bond donors (Lipinski definition) is 0. The Balaban J connectivity index is 2.28. The van der Waals surface area contributed by atoms with Crippen molar-refractivity contribution in [3.05, 3.63) is 75.8 Å². The van der Waals surface area contributed by atoms with Crippen molar-refractivity contribution in [2.75, 3.05) is 0 Å². The molecule has 2 heterocycles. The molecule has 1 aromatic heterocycles. The molecule has 0 unspecified atom stereocenters. The van der Waals surface area contributed by atoms with Gasteiger partial charge in [0, 0.05) is 6.54 Å². The second kappa shape index (κ2) is 4.89. The molecule has 1 aromatic carbocycles. The van der Waals surface area contributed by atoms with E-state index in [0.29, 0.717) is 6.54 Å². The van der Waals surface area contributed by atoms with Gasteiger partial charge in [0.2, 0.25) is 0 Å². The average molecular weight is 266 g/mol. The highest BCUT2D eigenvalue weighted by Crippen LogP contribution is 1.99. The predicted octanol–water partition coefficient (Wildman–Crippen LogP) is -0.453. The van der Waals surface area contributed by atoms with E-state index in [1.807, 2.05) is 42.5 Å². The van der Waals surface area contributed by atoms with Gasteiger partial charge in [-0.1, -0.05) is 49.4 Å². The molecule has 0 amide bonds. The van der Waals surface area contributed by atoms with Crippen molar-refractivity contribution in [2.45, 2.75) is 13.5 Å². The summed E-state index contributed by atoms with van der Waals surface area (Å²) >= 11 is 0. The van der Waals surface area contributed by atoms with Crippen molar-refractivity contribution in [2.24, 2.45) is 0 Å². The first-order valence-corrected chi connectivity index (χ1v) is 6.43. The SMILES string of the molecule is CC([O-])=c1c(=O)n2c(n1Cc1ccccc1)=CC=C[CH]2. The highest BCUT2D eigenvalue weighted by Gasteiger charge is 2.11. The minimum atomic E-state index is -0.260. The molecular formula is C16H14N2O2-. The lowest BCUT2D eigenvalue weighted by Gasteiger charge is -2.09. The molecule has 4 heteroatoms. The second-order valence-electron chi connectivity index (χ2n) is 4.71. The highest BCUT2D eigenvalue weighted by atomic mass is 16.3. The first-order valence-electron chi connectivity index (χ1n) is 6.43. The number of rotatable bonds is 2. The first kappa shape index (κ1) is 12.5. The fourth-order valence-corrected chi connectivity index (χ4v) is 2.44. The number of allylic oxidation sites excluding steroid dienone is 2. The van der Waals surface area contributed by atoms with E-state index in [0.717, 1.165) is 11.0 Å². The summed E-state index contributed by atoms with van der Waals surface area (Å²) in [5.74, 6) is -0.213. The topological polar surface area (TPSA) is 50.0 Å². The number of hydrogen-bond acceptors (Lipinski definition) is 2. The summed E-state index contributed by atoms with van der Waals surface area (Å²) in [6.45, 7) is 3.62. The molecule has 20 heavy (non-hydrogen) atoms. The van der Waals surface area contributed by atoms with E-state index in [9.17, 15) is 9.90 Å². The zero-order chi connectivity index (χ0) is 14.1. The molecule has 1 radical (unpaired) electrons. The van der Waals surface area contributed by atoms with Crippen molar-refractivity contribution in [1.82, 2.24) is 9.13 Å². The van der Waals surface area contributed by atoms with Crippen molar-refractivity contribution < 1.29 is 5.11 Å². The maximum atomic E-state index is 12.3. The van der Waals surface area contributed by atoms with Crippen LogP contribution < -0.4 is 21.5 Å². The predicted molar refractivity (Wildman–Crippen MR) is 75.9 cm³/mol. The van der Waals surface area contributed by atoms with E-state index in [4.69, 9.17) is 0 Å². The van der Waals surface area contributed by atoms with Crippen LogP contribution >= 0.6 is 0 Å². The Kier molecular flexibility index (Phi) is 3.06. The third kappa shape index (κ3) is 1.99. The van der Waals surface area contributed by atoms with E-state index in [-0.39, 0.29) is 16.7 Å². The summed E-state index contributed by atoms with van der Waals surface area (Å²) in [7, 11) is 0. The Bertz CT molecular complexity index is 835. The van der Waals surface area contributed by atoms with E-state index >= 15 is 0 Å². The molecule has 0 N–H and O–H groups in total. The maximum absolute atomic E-state index is 12.3. The zero-order valence-corrected chi connectivity index (χ0v) is 11.1. The minimum absolute atomic E-state index is 0.213. The van der Waals surface area contributed by atoms with Crippen LogP contribution in [0.15, 0.2) is 47.3 Å². The van der Waals surface area contributed by atoms with E-state index < -0.39 is 0 Å². The van der Waals surface area contributed by atoms with E-state index in [1.165, 1.54) is 11.5 Å². The summed E-state index contributed by atoms with van der Waals surface area (Å²) < 4.78 is 3.29. The molecule has 0 bridgehead atoms. The Morgan fingerprint density at radius 1 is 1.20 bits per heavy atom. The lowest BCUT2D eigenvalue weighted by atomic mass is 10.2. The molecule has 1 aliphatic heterocycles. The van der Waals surface area contributed by atoms with Gasteiger partial charge in [0.25, 0.3) is 5.56 Å². The van der Waals surface area contributed by atoms with Crippen molar-refractivity contribution >= 4 is 11.8 Å². The molecule has 0 atom stereocenters. The molecule has 0 aliphatic carbocycles. The summed E-state index contributed by atoms with van der Waals surface area (Å²) in [4.78, 5) is 12.3. The monoisotopic (exact) mass is 266 g/mol. The van der Waals surface area contributed by atoms with Gasteiger partial charge < -0.3 is 9.67 Å². The van der Waals surface area contributed by atoms with Crippen LogP contribution in [0.1, 0.15) is 12.5 Å². The van der Waals surface area contributed by atoms with Gasteiger partial charge in [-0.25, -0.2) is 0 Å². The van der Waals surface area contributed by atoms with Crippen LogP contribution in [0.5, 0.6) is 0 Å². The van der Waals surface area contributed by atoms with Gasteiger partial charge in [-0.2, -0.15) is 0 Å². The van der Waals surface area contributed by atoms with Crippen LogP contribution in [-0.4, -0.2) is 9.13 Å². The Labute approximate surface area is 116 Å². The fraction of sp³-hybridized carbons (Fsp3) is 0.125. The third-order valence-corrected chi connectivity index (χ3v) is 3.32. The van der Waals surface area contributed by atoms with Gasteiger partial charge in [-0.05, 0) is 11.6 Å². The molecule has 0 fully saturated rings. The lowest BCUT2D eigenvalue weighted by Crippen LogP contribution is -2.37. The van der Waals surface area contributed by atoms with Gasteiger partial charge in [-0.3, -0.25) is 9.36 Å². The highest BCUT2D eigenvalue weighted by molar-refractivity contribution is 5.39. The smallest absolute Gasteiger partial charge is 0.275 e. The van der Waals surface area contributed by atoms with Gasteiger partial charge in [0.15, 0.2) is 0 Å². The molecule has 4 nitrogen and oxygen atoms in total. The second-order valence-corrected chi connectivity index (χ2v) is 4.71. The summed E-state index contributed by atoms with van der Waals surface area (Å²) in [5.41, 5.74) is 1.52. The van der Waals surface area contributed by atoms with E-state index in [1.54, 1.807) is 17.2 Å². The van der Waals surface area contributed by atoms with Crippen LogP contribution in [0.4, 0.5) is 0 Å². The Morgan fingerprint density at radius 2 is 1.95 bits per heavy atom. The van der Waals surface area contributed by atoms with Gasteiger partial charge in [-0.15, -0.1) is 5.76 Å². The average Bonchev–Trinajstić information content (AvgIpc) is 2.74. The molecule has 101 valence electrons. The van der Waals surface area contributed by atoms with Gasteiger partial charge >= 0.3 is 0 Å². The molecule has 0 spiro atoms. The minimum Gasteiger partial charge on any atom is -0.874 e. The molecular weight excluding hydrogens is 252 g/mol. The number of benzene rings is 1. The van der Waals surface area contributed by atoms with Crippen molar-refractivity contribution in [3.8, 4) is 0 Å². The standard InChI is InChI=1S/C16H15N2O2/c1-12(19)15-16(20)17-10-6-5-9-14(17)18(15)11-13-7-3-2-4-8-13/h2-10,19H,11H2,1H3/p-1. The van der Waals surface area contributed by atoms with Gasteiger partial charge in [0.1, 0.15) is 5.48 Å². The number of aromatic nitrogens is 2. The van der Waals surface area contributed by atoms with Crippen LogP contribution in [0.2, 0.25) is 0 Å². The van der Waals surface area contributed by atoms with Crippen molar-refractivity contribution in [3.63, 3.8) is 0 Å². The molecule has 0 saturated carbocycles. The molecule has 0 saturated heterocycles. The Morgan fingerprint density at radius 3 is 2.65 bits per heavy atom. The van der Waals surface area contributed by atoms with Gasteiger partial charge in [0.05, 0.1) is 11.9 Å². The molecule has 3 rings (SSSR count). The van der Waals surface area contributed by atoms with E-state index in [2.05, 4.69) is 0 Å². The van der Waals surface area contributed by atoms with Crippen molar-refractivity contribution in [1.29, 1.82) is 0 Å². The van der Waals surface area contributed by atoms with Crippen LogP contribution in [-0.2, 0) is 6.54 Å². The lowest BCUT2D eigenvalue weighted by molar-refractivity contribution is -0.249. The number of fused-ring (bicyclic) bond motifs is 1. The third-order valence-electron chi connectivity index (χ3n) is 3.32. The number of nitrogens with zero attached hydrogens (tertiary/aromatic N) is 2. The summed E-state index contributed by atoms with van der Waals surface area (Å²) in [6, 6.07) is 9.79. The van der Waals surface area contributed by atoms with Crippen LogP contribution in [0.25, 0.3) is 11.8 Å². The quantitative estimate of drug-likeness (QED) is 0.739. The first-order chi connectivity index (χ1) is 9.68. The zero-order valence-electron chi connectivity index (χ0n) is 11.1. The number of imidazole rings is 1. The molecule has 1 aliphatic rings. The maximum Gasteiger partial charge on any atom is 0.275 e. The van der Waals surface area contributed by atoms with Crippen LogP contribution in [0.3, 0.4) is 0 Å². The largest absolute Gasteiger partial charge is 0.874 e. The normalized spacial score (nSPS) is 14.7. The Hall–Kier alpha value is -2.49. The fourth-order valence-electron chi connectivity index (χ4n) is 2.44. The molecule has 2 aromatic rings.